The first-order valence-electron chi connectivity index (χ1n) is 5.12. The van der Waals surface area contributed by atoms with Crippen molar-refractivity contribution in [2.24, 2.45) is 0 Å². The summed E-state index contributed by atoms with van der Waals surface area (Å²) in [5.41, 5.74) is 2.04. The quantitative estimate of drug-likeness (QED) is 0.809. The fraction of sp³-hybridized carbons (Fsp3) is 0.455. The number of aliphatic hydroxyl groups excluding tert-OH is 1. The van der Waals surface area contributed by atoms with E-state index in [4.69, 9.17) is 5.11 Å². The monoisotopic (exact) mass is 243 g/mol. The number of hydrogen-bond donors (Lipinski definition) is 2. The molecule has 1 unspecified atom stereocenters. The maximum Gasteiger partial charge on any atom is 0.214 e. The summed E-state index contributed by atoms with van der Waals surface area (Å²) in [5, 5.41) is 8.60. The van der Waals surface area contributed by atoms with E-state index in [-0.39, 0.29) is 18.4 Å². The second-order valence-corrected chi connectivity index (χ2v) is 5.67. The predicted octanol–water partition coefficient (Wildman–Crippen LogP) is 0.968. The van der Waals surface area contributed by atoms with Crippen LogP contribution in [0, 0.1) is 6.92 Å². The van der Waals surface area contributed by atoms with Gasteiger partial charge in [0, 0.05) is 6.04 Å². The van der Waals surface area contributed by atoms with Crippen molar-refractivity contribution < 1.29 is 13.5 Å². The van der Waals surface area contributed by atoms with E-state index in [1.54, 1.807) is 6.92 Å². The van der Waals surface area contributed by atoms with Gasteiger partial charge < -0.3 is 5.11 Å². The number of benzene rings is 1. The Bertz CT molecular complexity index is 425. The van der Waals surface area contributed by atoms with Gasteiger partial charge in [-0.15, -0.1) is 0 Å². The van der Waals surface area contributed by atoms with Crippen molar-refractivity contribution in [3.63, 3.8) is 0 Å². The smallest absolute Gasteiger partial charge is 0.214 e. The number of rotatable bonds is 5. The van der Waals surface area contributed by atoms with E-state index < -0.39 is 10.0 Å². The van der Waals surface area contributed by atoms with Gasteiger partial charge in [-0.05, 0) is 19.4 Å². The summed E-state index contributed by atoms with van der Waals surface area (Å²) in [6.07, 6.45) is 0. The number of sulfonamides is 1. The first-order chi connectivity index (χ1) is 7.44. The summed E-state index contributed by atoms with van der Waals surface area (Å²) in [7, 11) is -3.39. The molecule has 16 heavy (non-hydrogen) atoms. The Morgan fingerprint density at radius 3 is 2.38 bits per heavy atom. The highest BCUT2D eigenvalue weighted by Crippen LogP contribution is 2.13. The third kappa shape index (κ3) is 3.92. The van der Waals surface area contributed by atoms with Crippen LogP contribution in [0.2, 0.25) is 0 Å². The van der Waals surface area contributed by atoms with Crippen LogP contribution in [0.15, 0.2) is 24.3 Å². The molecule has 0 aliphatic rings. The van der Waals surface area contributed by atoms with E-state index in [0.717, 1.165) is 11.1 Å². The zero-order valence-electron chi connectivity index (χ0n) is 9.47. The van der Waals surface area contributed by atoms with Gasteiger partial charge in [0.15, 0.2) is 0 Å². The largest absolute Gasteiger partial charge is 0.395 e. The second-order valence-electron chi connectivity index (χ2n) is 3.79. The third-order valence-electron chi connectivity index (χ3n) is 2.29. The zero-order chi connectivity index (χ0) is 12.2. The first kappa shape index (κ1) is 13.2. The highest BCUT2D eigenvalue weighted by molar-refractivity contribution is 7.89. The molecule has 4 nitrogen and oxygen atoms in total. The van der Waals surface area contributed by atoms with Gasteiger partial charge in [-0.25, -0.2) is 13.1 Å². The molecule has 90 valence electrons. The van der Waals surface area contributed by atoms with Crippen molar-refractivity contribution in [1.29, 1.82) is 0 Å². The van der Waals surface area contributed by atoms with E-state index in [1.165, 1.54) is 0 Å². The molecule has 0 spiro atoms. The molecule has 2 N–H and O–H groups in total. The van der Waals surface area contributed by atoms with E-state index in [0.29, 0.717) is 0 Å². The Morgan fingerprint density at radius 2 is 1.88 bits per heavy atom. The molecule has 0 aliphatic heterocycles. The molecule has 1 rings (SSSR count). The summed E-state index contributed by atoms with van der Waals surface area (Å²) < 4.78 is 25.3. The summed E-state index contributed by atoms with van der Waals surface area (Å²) >= 11 is 0. The van der Waals surface area contributed by atoms with Gasteiger partial charge in [0.2, 0.25) is 10.0 Å². The number of nitrogens with one attached hydrogen (secondary N) is 1. The lowest BCUT2D eigenvalue weighted by Crippen LogP contribution is -2.30. The molecular formula is C11H17NO3S. The molecule has 0 amide bonds. The molecule has 0 heterocycles. The van der Waals surface area contributed by atoms with Crippen LogP contribution in [0.4, 0.5) is 0 Å². The average molecular weight is 243 g/mol. The Balaban J connectivity index is 2.72. The number of aliphatic hydroxyl groups is 1. The van der Waals surface area contributed by atoms with Crippen LogP contribution >= 0.6 is 0 Å². The summed E-state index contributed by atoms with van der Waals surface area (Å²) in [6, 6.07) is 7.37. The third-order valence-corrected chi connectivity index (χ3v) is 3.73. The minimum atomic E-state index is -3.39. The SMILES string of the molecule is Cc1ccc(C(C)NS(=O)(=O)CCO)cc1. The number of aryl methyl sites for hydroxylation is 1. The van der Waals surface area contributed by atoms with Gasteiger partial charge in [-0.2, -0.15) is 0 Å². The van der Waals surface area contributed by atoms with Crippen LogP contribution in [0.5, 0.6) is 0 Å². The molecule has 1 aromatic rings. The average Bonchev–Trinajstić information content (AvgIpc) is 2.17. The van der Waals surface area contributed by atoms with E-state index in [1.807, 2.05) is 31.2 Å². The van der Waals surface area contributed by atoms with Crippen molar-refractivity contribution >= 4 is 10.0 Å². The highest BCUT2D eigenvalue weighted by Gasteiger charge is 2.14. The van der Waals surface area contributed by atoms with Crippen LogP contribution in [0.25, 0.3) is 0 Å². The van der Waals surface area contributed by atoms with Crippen LogP contribution in [-0.2, 0) is 10.0 Å². The maximum absolute atomic E-state index is 11.4. The highest BCUT2D eigenvalue weighted by atomic mass is 32.2. The van der Waals surface area contributed by atoms with Gasteiger partial charge in [-0.3, -0.25) is 0 Å². The van der Waals surface area contributed by atoms with Crippen LogP contribution in [0.1, 0.15) is 24.1 Å². The van der Waals surface area contributed by atoms with Crippen molar-refractivity contribution in [2.75, 3.05) is 12.4 Å². The van der Waals surface area contributed by atoms with Crippen molar-refractivity contribution in [3.05, 3.63) is 35.4 Å². The van der Waals surface area contributed by atoms with Crippen LogP contribution in [-0.4, -0.2) is 25.9 Å². The molecule has 0 fully saturated rings. The Kier molecular flexibility index (Phi) is 4.46. The van der Waals surface area contributed by atoms with Gasteiger partial charge in [0.05, 0.1) is 12.4 Å². The van der Waals surface area contributed by atoms with Gasteiger partial charge in [0.25, 0.3) is 0 Å². The molecule has 1 aromatic carbocycles. The first-order valence-corrected chi connectivity index (χ1v) is 6.77. The van der Waals surface area contributed by atoms with Crippen LogP contribution < -0.4 is 4.72 Å². The standard InChI is InChI=1S/C11H17NO3S/c1-9-3-5-11(6-4-9)10(2)12-16(14,15)8-7-13/h3-6,10,12-13H,7-8H2,1-2H3. The lowest BCUT2D eigenvalue weighted by Gasteiger charge is -2.14. The molecule has 0 saturated heterocycles. The summed E-state index contributed by atoms with van der Waals surface area (Å²) in [5.74, 6) is -0.261. The molecule has 5 heteroatoms. The Labute approximate surface area is 96.4 Å². The normalized spacial score (nSPS) is 13.7. The van der Waals surface area contributed by atoms with E-state index in [9.17, 15) is 8.42 Å². The van der Waals surface area contributed by atoms with Gasteiger partial charge in [-0.1, -0.05) is 29.8 Å². The molecule has 1 atom stereocenters. The predicted molar refractivity (Wildman–Crippen MR) is 63.6 cm³/mol. The van der Waals surface area contributed by atoms with Crippen molar-refractivity contribution in [3.8, 4) is 0 Å². The molecule has 0 aliphatic carbocycles. The van der Waals surface area contributed by atoms with Crippen molar-refractivity contribution in [1.82, 2.24) is 4.72 Å². The van der Waals surface area contributed by atoms with E-state index >= 15 is 0 Å². The van der Waals surface area contributed by atoms with Gasteiger partial charge in [0.1, 0.15) is 0 Å². The van der Waals surface area contributed by atoms with Crippen molar-refractivity contribution in [2.45, 2.75) is 19.9 Å². The summed E-state index contributed by atoms with van der Waals surface area (Å²) in [6.45, 7) is 3.39. The lowest BCUT2D eigenvalue weighted by molar-refractivity contribution is 0.319. The second kappa shape index (κ2) is 5.43. The van der Waals surface area contributed by atoms with Gasteiger partial charge >= 0.3 is 0 Å². The summed E-state index contributed by atoms with van der Waals surface area (Å²) in [4.78, 5) is 0. The molecule has 0 radical (unpaired) electrons. The fourth-order valence-electron chi connectivity index (χ4n) is 1.37. The molecule has 0 aromatic heterocycles. The minimum absolute atomic E-state index is 0.261. The molecular weight excluding hydrogens is 226 g/mol. The Morgan fingerprint density at radius 1 is 1.31 bits per heavy atom. The maximum atomic E-state index is 11.4. The molecule has 0 saturated carbocycles. The van der Waals surface area contributed by atoms with Crippen LogP contribution in [0.3, 0.4) is 0 Å². The Hall–Kier alpha value is -0.910. The minimum Gasteiger partial charge on any atom is -0.395 e. The topological polar surface area (TPSA) is 66.4 Å². The molecule has 0 bridgehead atoms. The zero-order valence-corrected chi connectivity index (χ0v) is 10.3. The van der Waals surface area contributed by atoms with E-state index in [2.05, 4.69) is 4.72 Å². The fourth-order valence-corrected chi connectivity index (χ4v) is 2.40. The lowest BCUT2D eigenvalue weighted by atomic mass is 10.1. The number of hydrogen-bond acceptors (Lipinski definition) is 3.